The number of hydrogen-bond acceptors (Lipinski definition) is 8. The normalized spacial score (nSPS) is 10.8. The fourth-order valence-electron chi connectivity index (χ4n) is 3.03. The van der Waals surface area contributed by atoms with Gasteiger partial charge < -0.3 is 19.6 Å². The summed E-state index contributed by atoms with van der Waals surface area (Å²) in [5, 5.41) is 14.0. The van der Waals surface area contributed by atoms with E-state index in [9.17, 15) is 4.79 Å². The van der Waals surface area contributed by atoms with Gasteiger partial charge in [-0.1, -0.05) is 5.16 Å². The van der Waals surface area contributed by atoms with Gasteiger partial charge in [0.15, 0.2) is 17.3 Å². The van der Waals surface area contributed by atoms with Crippen molar-refractivity contribution < 1.29 is 13.7 Å². The summed E-state index contributed by atoms with van der Waals surface area (Å²) < 4.78 is 12.1. The van der Waals surface area contributed by atoms with Crippen molar-refractivity contribution >= 4 is 23.1 Å². The molecule has 10 heteroatoms. The summed E-state index contributed by atoms with van der Waals surface area (Å²) in [7, 11) is 0. The zero-order valence-corrected chi connectivity index (χ0v) is 16.9. The predicted molar refractivity (Wildman–Crippen MR) is 116 cm³/mol. The van der Waals surface area contributed by atoms with Crippen molar-refractivity contribution in [2.75, 3.05) is 10.6 Å². The zero-order chi connectivity index (χ0) is 21.9. The molecule has 1 amide bonds. The third-order valence-electron chi connectivity index (χ3n) is 4.49. The maximum atomic E-state index is 12.5. The molecule has 0 aliphatic heterocycles. The predicted octanol–water partition coefficient (Wildman–Crippen LogP) is 4.21. The average Bonchev–Trinajstić information content (AvgIpc) is 3.57. The topological polar surface area (TPSA) is 124 Å². The Balaban J connectivity index is 1.26. The minimum Gasteiger partial charge on any atom is -0.461 e. The number of aryl methyl sites for hydroxylation is 1. The third-order valence-corrected chi connectivity index (χ3v) is 4.49. The Morgan fingerprint density at radius 1 is 1.00 bits per heavy atom. The van der Waals surface area contributed by atoms with Crippen LogP contribution < -0.4 is 10.6 Å². The van der Waals surface area contributed by atoms with E-state index in [-0.39, 0.29) is 11.6 Å². The van der Waals surface area contributed by atoms with Crippen LogP contribution in [0.3, 0.4) is 0 Å². The second kappa shape index (κ2) is 8.19. The smallest absolute Gasteiger partial charge is 0.277 e. The molecule has 32 heavy (non-hydrogen) atoms. The molecule has 5 rings (SSSR count). The van der Waals surface area contributed by atoms with Gasteiger partial charge in [0.05, 0.1) is 6.26 Å². The van der Waals surface area contributed by atoms with Gasteiger partial charge >= 0.3 is 0 Å². The van der Waals surface area contributed by atoms with Crippen LogP contribution in [0.25, 0.3) is 17.3 Å². The number of rotatable bonds is 6. The van der Waals surface area contributed by atoms with Gasteiger partial charge in [-0.3, -0.25) is 4.79 Å². The lowest BCUT2D eigenvalue weighted by Gasteiger charge is -2.10. The SMILES string of the molecule is Cc1nc(Nc2ccc(NC(=O)c3cc(-c4ccco4)on3)cc2)cc(-n2cccn2)n1. The van der Waals surface area contributed by atoms with E-state index >= 15 is 0 Å². The molecule has 0 atom stereocenters. The summed E-state index contributed by atoms with van der Waals surface area (Å²) in [6.07, 6.45) is 5.03. The Kier molecular flexibility index (Phi) is 4.92. The number of anilines is 3. The fourth-order valence-corrected chi connectivity index (χ4v) is 3.03. The van der Waals surface area contributed by atoms with Crippen molar-refractivity contribution in [2.24, 2.45) is 0 Å². The molecular weight excluding hydrogens is 410 g/mol. The molecule has 1 aromatic carbocycles. The molecule has 0 fully saturated rings. The van der Waals surface area contributed by atoms with Gasteiger partial charge in [0.1, 0.15) is 11.6 Å². The second-order valence-corrected chi connectivity index (χ2v) is 6.82. The number of amides is 1. The minimum absolute atomic E-state index is 0.154. The van der Waals surface area contributed by atoms with Crippen LogP contribution in [-0.2, 0) is 0 Å². The van der Waals surface area contributed by atoms with E-state index in [1.165, 1.54) is 12.3 Å². The summed E-state index contributed by atoms with van der Waals surface area (Å²) in [5.41, 5.74) is 1.56. The summed E-state index contributed by atoms with van der Waals surface area (Å²) in [5.74, 6) is 2.41. The van der Waals surface area contributed by atoms with E-state index < -0.39 is 0 Å². The van der Waals surface area contributed by atoms with Crippen LogP contribution in [0.4, 0.5) is 17.2 Å². The first-order valence-corrected chi connectivity index (χ1v) is 9.69. The van der Waals surface area contributed by atoms with Crippen molar-refractivity contribution in [1.82, 2.24) is 24.9 Å². The number of carbonyl (C=O) groups excluding carboxylic acids is 1. The molecule has 0 aliphatic carbocycles. The molecule has 0 aliphatic rings. The molecule has 5 aromatic rings. The number of furan rings is 1. The Bertz CT molecular complexity index is 1340. The summed E-state index contributed by atoms with van der Waals surface area (Å²) >= 11 is 0. The molecule has 0 spiro atoms. The zero-order valence-electron chi connectivity index (χ0n) is 16.9. The Morgan fingerprint density at radius 2 is 1.84 bits per heavy atom. The number of hydrogen-bond donors (Lipinski definition) is 2. The molecule has 0 radical (unpaired) electrons. The van der Waals surface area contributed by atoms with Crippen LogP contribution >= 0.6 is 0 Å². The van der Waals surface area contributed by atoms with Gasteiger partial charge in [-0.25, -0.2) is 14.6 Å². The fraction of sp³-hybridized carbons (Fsp3) is 0.0455. The summed E-state index contributed by atoms with van der Waals surface area (Å²) in [6.45, 7) is 1.82. The average molecular weight is 427 g/mol. The van der Waals surface area contributed by atoms with Gasteiger partial charge in [0, 0.05) is 35.9 Å². The van der Waals surface area contributed by atoms with E-state index in [0.29, 0.717) is 34.7 Å². The minimum atomic E-state index is -0.387. The molecule has 0 bridgehead atoms. The van der Waals surface area contributed by atoms with Crippen LogP contribution in [0.1, 0.15) is 16.3 Å². The van der Waals surface area contributed by atoms with Gasteiger partial charge in [0.25, 0.3) is 5.91 Å². The van der Waals surface area contributed by atoms with E-state index in [2.05, 4.69) is 30.9 Å². The van der Waals surface area contributed by atoms with Crippen LogP contribution in [-0.4, -0.2) is 30.8 Å². The van der Waals surface area contributed by atoms with Gasteiger partial charge in [-0.15, -0.1) is 0 Å². The molecule has 4 heterocycles. The molecule has 4 aromatic heterocycles. The van der Waals surface area contributed by atoms with Crippen molar-refractivity contribution in [3.8, 4) is 17.3 Å². The number of benzene rings is 1. The Morgan fingerprint density at radius 3 is 2.59 bits per heavy atom. The summed E-state index contributed by atoms with van der Waals surface area (Å²) in [4.78, 5) is 21.3. The lowest BCUT2D eigenvalue weighted by Crippen LogP contribution is -2.12. The molecule has 10 nitrogen and oxygen atoms in total. The highest BCUT2D eigenvalue weighted by Crippen LogP contribution is 2.22. The molecule has 2 N–H and O–H groups in total. The number of carbonyl (C=O) groups is 1. The largest absolute Gasteiger partial charge is 0.461 e. The van der Waals surface area contributed by atoms with E-state index in [1.807, 2.05) is 31.3 Å². The lowest BCUT2D eigenvalue weighted by molar-refractivity contribution is 0.101. The van der Waals surface area contributed by atoms with E-state index in [4.69, 9.17) is 8.94 Å². The molecule has 0 unspecified atom stereocenters. The maximum absolute atomic E-state index is 12.5. The molecule has 0 saturated heterocycles. The Labute approximate surface area is 181 Å². The molecule has 158 valence electrons. The molecular formula is C22H17N7O3. The van der Waals surface area contributed by atoms with Crippen LogP contribution in [0.5, 0.6) is 0 Å². The standard InChI is InChI=1S/C22H17N7O3/c1-14-24-20(13-21(25-14)29-10-3-9-23-29)26-15-5-7-16(8-6-15)27-22(30)17-12-19(32-28-17)18-4-2-11-31-18/h2-13H,1H3,(H,27,30)(H,24,25,26). The first kappa shape index (κ1) is 19.2. The van der Waals surface area contributed by atoms with Gasteiger partial charge in [0.2, 0.25) is 5.76 Å². The van der Waals surface area contributed by atoms with Crippen LogP contribution in [0, 0.1) is 6.92 Å². The van der Waals surface area contributed by atoms with Gasteiger partial charge in [-0.05, 0) is 49.4 Å². The summed E-state index contributed by atoms with van der Waals surface area (Å²) in [6, 6.07) is 15.8. The molecule has 0 saturated carbocycles. The number of aromatic nitrogens is 5. The maximum Gasteiger partial charge on any atom is 0.277 e. The van der Waals surface area contributed by atoms with E-state index in [0.717, 1.165) is 5.69 Å². The quantitative estimate of drug-likeness (QED) is 0.413. The van der Waals surface area contributed by atoms with Crippen molar-refractivity contribution in [3.63, 3.8) is 0 Å². The van der Waals surface area contributed by atoms with Gasteiger partial charge in [-0.2, -0.15) is 5.10 Å². The van der Waals surface area contributed by atoms with E-state index in [1.54, 1.807) is 41.2 Å². The Hall–Kier alpha value is -4.73. The highest BCUT2D eigenvalue weighted by molar-refractivity contribution is 6.03. The lowest BCUT2D eigenvalue weighted by atomic mass is 10.2. The number of nitrogens with zero attached hydrogens (tertiary/aromatic N) is 5. The van der Waals surface area contributed by atoms with Crippen LogP contribution in [0.15, 0.2) is 82.2 Å². The number of nitrogens with one attached hydrogen (secondary N) is 2. The van der Waals surface area contributed by atoms with Crippen molar-refractivity contribution in [1.29, 1.82) is 0 Å². The van der Waals surface area contributed by atoms with Crippen molar-refractivity contribution in [2.45, 2.75) is 6.92 Å². The first-order valence-electron chi connectivity index (χ1n) is 9.69. The monoisotopic (exact) mass is 427 g/mol. The third kappa shape index (κ3) is 4.10. The highest BCUT2D eigenvalue weighted by atomic mass is 16.5. The second-order valence-electron chi connectivity index (χ2n) is 6.82. The van der Waals surface area contributed by atoms with Crippen LogP contribution in [0.2, 0.25) is 0 Å². The first-order chi connectivity index (χ1) is 15.6. The van der Waals surface area contributed by atoms with Crippen molar-refractivity contribution in [3.05, 3.63) is 84.8 Å². The highest BCUT2D eigenvalue weighted by Gasteiger charge is 2.15.